The van der Waals surface area contributed by atoms with Crippen molar-refractivity contribution in [3.05, 3.63) is 209 Å². The number of rotatable bonds is 12. The number of nitriles is 1. The van der Waals surface area contributed by atoms with Crippen molar-refractivity contribution in [2.45, 2.75) is 116 Å². The topological polar surface area (TPSA) is 75.6 Å². The van der Waals surface area contributed by atoms with Crippen molar-refractivity contribution >= 4 is 21.9 Å². The maximum Gasteiger partial charge on any atom is 3.00 e. The minimum absolute atomic E-state index is 0. The molecule has 0 saturated heterocycles. The van der Waals surface area contributed by atoms with E-state index >= 15 is 0 Å². The molecule has 70 heavy (non-hydrogen) atoms. The fourth-order valence-corrected chi connectivity index (χ4v) is 9.60. The Kier molecular flexibility index (Phi) is 12.4. The van der Waals surface area contributed by atoms with Crippen molar-refractivity contribution < 1.29 is 27.3 Å². The molecule has 9 aromatic rings. The van der Waals surface area contributed by atoms with Crippen LogP contribution in [0.5, 0.6) is 0 Å². The molecule has 0 radical (unpaired) electrons. The Hall–Kier alpha value is -6.51. The molecule has 0 N–H and O–H groups in total. The van der Waals surface area contributed by atoms with Gasteiger partial charge in [0.2, 0.25) is 0 Å². The van der Waals surface area contributed by atoms with Crippen LogP contribution >= 0.6 is 0 Å². The molecule has 0 atom stereocenters. The summed E-state index contributed by atoms with van der Waals surface area (Å²) in [6, 6.07) is 53.4. The number of hydrogen-bond acceptors (Lipinski definition) is 5. The fourth-order valence-electron chi connectivity index (χ4n) is 9.60. The van der Waals surface area contributed by atoms with Gasteiger partial charge >= 0.3 is 20.1 Å². The monoisotopic (exact) mass is 1100 g/mol. The maximum absolute atomic E-state index is 9.66. The van der Waals surface area contributed by atoms with Crippen molar-refractivity contribution in [3.8, 4) is 39.8 Å². The zero-order valence-electron chi connectivity index (χ0n) is 44.3. The van der Waals surface area contributed by atoms with Gasteiger partial charge in [0.25, 0.3) is 0 Å². The molecule has 5 aromatic carbocycles. The van der Waals surface area contributed by atoms with E-state index in [1.165, 1.54) is 16.7 Å². The largest absolute Gasteiger partial charge is 3.00 e. The van der Waals surface area contributed by atoms with Crippen LogP contribution in [-0.2, 0) is 52.6 Å². The molecule has 0 fully saturated rings. The summed E-state index contributed by atoms with van der Waals surface area (Å²) in [5.41, 5.74) is 10.7. The molecule has 0 aliphatic rings. The normalized spacial score (nSPS) is 13.1. The molecule has 0 spiro atoms. The summed E-state index contributed by atoms with van der Waals surface area (Å²) in [4.78, 5) is 15.0. The van der Waals surface area contributed by atoms with E-state index in [0.29, 0.717) is 22.2 Å². The number of nitrogens with zero attached hydrogens (tertiary/aromatic N) is 4. The number of hydrogen-bond donors (Lipinski definition) is 0. The van der Waals surface area contributed by atoms with Gasteiger partial charge in [-0.1, -0.05) is 155 Å². The van der Waals surface area contributed by atoms with Gasteiger partial charge in [-0.2, -0.15) is 5.26 Å². The quantitative estimate of drug-likeness (QED) is 0.114. The predicted octanol–water partition coefficient (Wildman–Crippen LogP) is 15.8. The first-order valence-electron chi connectivity index (χ1n) is 24.8. The molecular weight excluding hydrogens is 1030 g/mol. The van der Waals surface area contributed by atoms with Crippen LogP contribution in [0.4, 0.5) is 0 Å². The van der Waals surface area contributed by atoms with E-state index < -0.39 is 10.8 Å². The second-order valence-electron chi connectivity index (χ2n) is 21.7. The Morgan fingerprint density at radius 3 is 1.30 bits per heavy atom. The molecule has 5 nitrogen and oxygen atoms in total. The van der Waals surface area contributed by atoms with Crippen LogP contribution in [0.25, 0.3) is 55.7 Å². The van der Waals surface area contributed by atoms with Gasteiger partial charge in [0.15, 0.2) is 0 Å². The molecule has 6 heteroatoms. The van der Waals surface area contributed by atoms with Gasteiger partial charge in [0.05, 0.1) is 20.0 Å². The molecule has 352 valence electrons. The molecule has 0 saturated carbocycles. The van der Waals surface area contributed by atoms with E-state index in [9.17, 15) is 5.26 Å². The van der Waals surface area contributed by atoms with Gasteiger partial charge in [-0.15, -0.1) is 90.0 Å². The van der Waals surface area contributed by atoms with Gasteiger partial charge in [-0.05, 0) is 78.8 Å². The van der Waals surface area contributed by atoms with E-state index in [0.717, 1.165) is 44.6 Å². The average molecular weight is 1100 g/mol. The molecule has 4 aromatic heterocycles. The number of pyridine rings is 3. The van der Waals surface area contributed by atoms with Crippen molar-refractivity contribution in [1.29, 1.82) is 5.26 Å². The Balaban J connectivity index is 0.00000693. The average Bonchev–Trinajstić information content (AvgIpc) is 3.75. The van der Waals surface area contributed by atoms with Crippen LogP contribution in [0.3, 0.4) is 0 Å². The molecule has 4 heterocycles. The Bertz CT molecular complexity index is 3350. The van der Waals surface area contributed by atoms with Crippen LogP contribution < -0.4 is 0 Å². The first-order chi connectivity index (χ1) is 33.5. The maximum atomic E-state index is 9.66. The van der Waals surface area contributed by atoms with Crippen LogP contribution in [0.2, 0.25) is 0 Å². The zero-order chi connectivity index (χ0) is 50.9. The summed E-state index contributed by atoms with van der Waals surface area (Å²) in [6.45, 7) is 28.2. The Labute approximate surface area is 431 Å². The van der Waals surface area contributed by atoms with E-state index in [-0.39, 0.29) is 65.0 Å². The second kappa shape index (κ2) is 18.3. The van der Waals surface area contributed by atoms with Gasteiger partial charge in [0.1, 0.15) is 5.58 Å². The van der Waals surface area contributed by atoms with E-state index in [1.807, 2.05) is 91.4 Å². The third kappa shape index (κ3) is 8.42. The van der Waals surface area contributed by atoms with Crippen LogP contribution in [-0.4, -0.2) is 15.0 Å². The number of benzene rings is 5. The Morgan fingerprint density at radius 2 is 0.914 bits per heavy atom. The van der Waals surface area contributed by atoms with E-state index in [2.05, 4.69) is 150 Å². The minimum atomic E-state index is -0.427. The first-order valence-corrected chi connectivity index (χ1v) is 23.8. The summed E-state index contributed by atoms with van der Waals surface area (Å²) in [5.74, 6) is 0. The van der Waals surface area contributed by atoms with Crippen LogP contribution in [0.1, 0.15) is 125 Å². The first kappa shape index (κ1) is 47.2. The van der Waals surface area contributed by atoms with Crippen LogP contribution in [0, 0.1) is 29.5 Å². The summed E-state index contributed by atoms with van der Waals surface area (Å²) in [6.07, 6.45) is 6.05. The third-order valence-electron chi connectivity index (χ3n) is 16.9. The third-order valence-corrected chi connectivity index (χ3v) is 16.9. The smallest absolute Gasteiger partial charge is 0.501 e. The summed E-state index contributed by atoms with van der Waals surface area (Å²) >= 11 is 0. The standard InChI is InChI=1S/C64H61N4O.Ir/c1-59(2,45-27-31-54(66-39-45)43-20-15-13-16-21-43)62(7,8)48-35-49(63(9,10)60(3,4)46-28-32-55(67-40-46)44-22-17-14-18-23-44)37-50(36-48)64(11,12)61(5,6)47-29-33-56(68-41-47)53-25-19-24-52-51-30-26-42(38-65)34-57(51)69-58(52)53;/h13-20,22,24,26-37,39-41H,1-12H3;/q-3;+3/i26D,34D;. The number of aromatic nitrogens is 3. The minimum Gasteiger partial charge on any atom is -0.501 e. The summed E-state index contributed by atoms with van der Waals surface area (Å²) < 4.78 is 23.3. The van der Waals surface area contributed by atoms with Crippen molar-refractivity contribution in [2.24, 2.45) is 0 Å². The number of furan rings is 1. The Morgan fingerprint density at radius 1 is 0.486 bits per heavy atom. The second-order valence-corrected chi connectivity index (χ2v) is 21.7. The SMILES string of the molecule is [2H]c1cc2c(oc3c(-c4ccc(C(C)(C)C(C)(C)c5cc(C(C)(C)C(C)(C)c6ccc(-c7[c-]cccc7)nc6)cc(C(C)(C)C(C)(C)c6ccc(-c7[c-]cccc7)nc6)c5)cn4)[c-]ccc32)c([2H])c1C#N.[Ir+3]. The van der Waals surface area contributed by atoms with E-state index in [1.54, 1.807) is 6.07 Å². The molecule has 0 unspecified atom stereocenters. The number of fused-ring (bicyclic) bond motifs is 3. The molecule has 0 aliphatic heterocycles. The molecule has 0 bridgehead atoms. The van der Waals surface area contributed by atoms with Gasteiger partial charge in [-0.25, -0.2) is 0 Å². The summed E-state index contributed by atoms with van der Waals surface area (Å²) in [7, 11) is 0. The fraction of sp³-hybridized carbons (Fsp3) is 0.281. The van der Waals surface area contributed by atoms with Crippen molar-refractivity contribution in [1.82, 2.24) is 15.0 Å². The van der Waals surface area contributed by atoms with E-state index in [4.69, 9.17) is 22.1 Å². The van der Waals surface area contributed by atoms with Crippen molar-refractivity contribution in [2.75, 3.05) is 0 Å². The van der Waals surface area contributed by atoms with Crippen molar-refractivity contribution in [3.63, 3.8) is 0 Å². The molecule has 0 aliphatic carbocycles. The predicted molar refractivity (Wildman–Crippen MR) is 282 cm³/mol. The molecular formula is C64H61IrN4O. The van der Waals surface area contributed by atoms with Gasteiger partial charge in [-0.3, -0.25) is 0 Å². The zero-order valence-corrected chi connectivity index (χ0v) is 44.7. The molecule has 9 rings (SSSR count). The molecule has 0 amide bonds. The van der Waals surface area contributed by atoms with Crippen LogP contribution in [0.15, 0.2) is 156 Å². The summed E-state index contributed by atoms with van der Waals surface area (Å²) in [5, 5.41) is 11.0. The van der Waals surface area contributed by atoms with Gasteiger partial charge in [0, 0.05) is 40.2 Å². The van der Waals surface area contributed by atoms with Gasteiger partial charge < -0.3 is 19.4 Å².